The fraction of sp³-hybridized carbons (Fsp3) is 0.425. The van der Waals surface area contributed by atoms with E-state index in [1.165, 1.54) is 7.11 Å². The van der Waals surface area contributed by atoms with Crippen LogP contribution in [0.5, 0.6) is 0 Å². The summed E-state index contributed by atoms with van der Waals surface area (Å²) < 4.78 is 4.76. The van der Waals surface area contributed by atoms with Crippen molar-refractivity contribution in [1.29, 1.82) is 0 Å². The molecule has 2 aromatic heterocycles. The zero-order valence-electron chi connectivity index (χ0n) is 30.0. The van der Waals surface area contributed by atoms with E-state index in [1.807, 2.05) is 29.8 Å². The fourth-order valence-corrected chi connectivity index (χ4v) is 7.62. The van der Waals surface area contributed by atoms with Crippen LogP contribution in [0.4, 0.5) is 4.79 Å². The van der Waals surface area contributed by atoms with Crippen LogP contribution in [0, 0.1) is 11.8 Å². The molecule has 11 heteroatoms. The van der Waals surface area contributed by atoms with E-state index in [1.54, 1.807) is 0 Å². The number of ether oxygens (including phenoxy) is 1. The summed E-state index contributed by atoms with van der Waals surface area (Å²) in [5, 5.41) is 4.94. The lowest BCUT2D eigenvalue weighted by Crippen LogP contribution is -2.51. The van der Waals surface area contributed by atoms with Gasteiger partial charge < -0.3 is 29.8 Å². The monoisotopic (exact) mass is 689 g/mol. The number of likely N-dealkylation sites (tertiary alicyclic amines) is 2. The Morgan fingerprint density at radius 1 is 0.843 bits per heavy atom. The second kappa shape index (κ2) is 14.2. The number of hydrogen-bond donors (Lipinski definition) is 3. The van der Waals surface area contributed by atoms with Gasteiger partial charge in [0.25, 0.3) is 0 Å². The number of fused-ring (bicyclic) bond motifs is 2. The van der Waals surface area contributed by atoms with Crippen LogP contribution in [0.1, 0.15) is 83.5 Å². The molecule has 5 aromatic rings. The van der Waals surface area contributed by atoms with Crippen molar-refractivity contribution in [3.63, 3.8) is 0 Å². The molecule has 3 atom stereocenters. The molecule has 2 aliphatic rings. The predicted molar refractivity (Wildman–Crippen MR) is 198 cm³/mol. The number of methoxy groups -OCH3 is 1. The number of imidazole rings is 2. The lowest BCUT2D eigenvalue weighted by molar-refractivity contribution is -0.135. The maximum absolute atomic E-state index is 13.6. The Kier molecular flexibility index (Phi) is 9.54. The first-order valence-electron chi connectivity index (χ1n) is 18.1. The molecule has 3 amide bonds. The van der Waals surface area contributed by atoms with Gasteiger partial charge in [-0.3, -0.25) is 9.59 Å². The van der Waals surface area contributed by atoms with E-state index >= 15 is 0 Å². The van der Waals surface area contributed by atoms with E-state index in [0.29, 0.717) is 18.9 Å². The highest BCUT2D eigenvalue weighted by Gasteiger charge is 2.37. The minimum absolute atomic E-state index is 0.0000698. The molecule has 11 nitrogen and oxygen atoms in total. The minimum Gasteiger partial charge on any atom is -0.453 e. The molecule has 3 aromatic carbocycles. The molecule has 0 radical (unpaired) electrons. The Morgan fingerprint density at radius 3 is 2.20 bits per heavy atom. The Hall–Kier alpha value is -5.19. The normalized spacial score (nSPS) is 18.3. The van der Waals surface area contributed by atoms with Gasteiger partial charge in [0, 0.05) is 25.1 Å². The summed E-state index contributed by atoms with van der Waals surface area (Å²) in [6.45, 7) is 9.39. The van der Waals surface area contributed by atoms with Crippen molar-refractivity contribution < 1.29 is 19.1 Å². The molecule has 266 valence electrons. The van der Waals surface area contributed by atoms with Gasteiger partial charge in [0.15, 0.2) is 0 Å². The summed E-state index contributed by atoms with van der Waals surface area (Å²) >= 11 is 0. The number of carbonyl (C=O) groups is 3. The number of carbonyl (C=O) groups excluding carboxylic acids is 3. The molecular weight excluding hydrogens is 642 g/mol. The number of H-pyrrole nitrogens is 2. The summed E-state index contributed by atoms with van der Waals surface area (Å²) in [5.41, 5.74) is 5.98. The smallest absolute Gasteiger partial charge is 0.407 e. The number of amides is 3. The first kappa shape index (κ1) is 34.3. The van der Waals surface area contributed by atoms with Crippen molar-refractivity contribution in [3.05, 3.63) is 72.4 Å². The Balaban J connectivity index is 1.08. The van der Waals surface area contributed by atoms with E-state index in [2.05, 4.69) is 83.7 Å². The lowest BCUT2D eigenvalue weighted by atomic mass is 9.99. The molecule has 0 bridgehead atoms. The van der Waals surface area contributed by atoms with Crippen LogP contribution in [0.2, 0.25) is 0 Å². The van der Waals surface area contributed by atoms with Crippen molar-refractivity contribution in [2.75, 3.05) is 20.2 Å². The Bertz CT molecular complexity index is 2080. The van der Waals surface area contributed by atoms with Crippen LogP contribution >= 0.6 is 0 Å². The van der Waals surface area contributed by atoms with E-state index in [0.717, 1.165) is 88.1 Å². The number of aromatic nitrogens is 4. The van der Waals surface area contributed by atoms with Crippen molar-refractivity contribution in [2.24, 2.45) is 11.8 Å². The maximum Gasteiger partial charge on any atom is 0.407 e. The van der Waals surface area contributed by atoms with Gasteiger partial charge in [-0.2, -0.15) is 0 Å². The first-order valence-corrected chi connectivity index (χ1v) is 18.1. The summed E-state index contributed by atoms with van der Waals surface area (Å²) in [6.07, 6.45) is 5.36. The maximum atomic E-state index is 13.6. The SMILES string of the molecule is COC(=O)NC(C(=O)N1CCCC1c1ncc(-c2ccc3cc(-c4ccc5nc(C6CCCN6C(=O)CC(C)C)[nH]c5c4)ccc3c2)[nH]1)C(C)C. The largest absolute Gasteiger partial charge is 0.453 e. The van der Waals surface area contributed by atoms with Gasteiger partial charge in [0.2, 0.25) is 11.8 Å². The van der Waals surface area contributed by atoms with Crippen molar-refractivity contribution in [1.82, 2.24) is 35.1 Å². The van der Waals surface area contributed by atoms with Crippen molar-refractivity contribution in [3.8, 4) is 22.4 Å². The van der Waals surface area contributed by atoms with Crippen LogP contribution in [0.25, 0.3) is 44.2 Å². The number of aromatic amines is 2. The third-order valence-corrected chi connectivity index (χ3v) is 10.3. The molecule has 0 aliphatic carbocycles. The number of hydrogen-bond acceptors (Lipinski definition) is 6. The molecule has 3 N–H and O–H groups in total. The van der Waals surface area contributed by atoms with Crippen LogP contribution < -0.4 is 5.32 Å². The second-order valence-electron chi connectivity index (χ2n) is 14.7. The van der Waals surface area contributed by atoms with Gasteiger partial charge in [-0.15, -0.1) is 0 Å². The molecule has 0 spiro atoms. The zero-order chi connectivity index (χ0) is 35.8. The summed E-state index contributed by atoms with van der Waals surface area (Å²) in [5.74, 6) is 1.93. The van der Waals surface area contributed by atoms with Gasteiger partial charge in [-0.25, -0.2) is 14.8 Å². The molecule has 0 saturated carbocycles. The minimum atomic E-state index is -0.675. The lowest BCUT2D eigenvalue weighted by Gasteiger charge is -2.30. The van der Waals surface area contributed by atoms with E-state index in [9.17, 15) is 14.4 Å². The molecule has 2 aliphatic heterocycles. The van der Waals surface area contributed by atoms with Gasteiger partial charge in [0.1, 0.15) is 17.7 Å². The van der Waals surface area contributed by atoms with Gasteiger partial charge in [0.05, 0.1) is 42.1 Å². The fourth-order valence-electron chi connectivity index (χ4n) is 7.62. The highest BCUT2D eigenvalue weighted by Crippen LogP contribution is 2.36. The Morgan fingerprint density at radius 2 is 1.49 bits per heavy atom. The standard InChI is InChI=1S/C40H47N7O4/c1-23(2)18-35(48)46-16-6-9-34(46)38-42-30-15-14-28(21-31(30)43-38)26-10-11-27-20-29(13-12-25(27)19-26)32-22-41-37(44-32)33-8-7-17-47(33)39(49)36(24(3)4)45-40(50)51-5/h10-15,19-24,33-34,36H,6-9,16-18H2,1-5H3,(H,41,44)(H,42,43)(H,45,50). The average molecular weight is 690 g/mol. The number of benzene rings is 3. The summed E-state index contributed by atoms with van der Waals surface area (Å²) in [4.78, 5) is 58.9. The van der Waals surface area contributed by atoms with Crippen molar-refractivity contribution >= 4 is 39.7 Å². The molecular formula is C40H47N7O4. The molecule has 4 heterocycles. The average Bonchev–Trinajstić information content (AvgIpc) is 3.94. The third kappa shape index (κ3) is 6.94. The summed E-state index contributed by atoms with van der Waals surface area (Å²) in [7, 11) is 1.30. The third-order valence-electron chi connectivity index (χ3n) is 10.3. The molecule has 7 rings (SSSR count). The van der Waals surface area contributed by atoms with E-state index in [-0.39, 0.29) is 29.8 Å². The molecule has 51 heavy (non-hydrogen) atoms. The molecule has 2 fully saturated rings. The van der Waals surface area contributed by atoms with Crippen LogP contribution in [0.3, 0.4) is 0 Å². The van der Waals surface area contributed by atoms with E-state index in [4.69, 9.17) is 14.7 Å². The van der Waals surface area contributed by atoms with Gasteiger partial charge >= 0.3 is 6.09 Å². The zero-order valence-corrected chi connectivity index (χ0v) is 30.0. The van der Waals surface area contributed by atoms with Crippen molar-refractivity contribution in [2.45, 2.75) is 77.9 Å². The molecule has 3 unspecified atom stereocenters. The van der Waals surface area contributed by atoms with E-state index < -0.39 is 12.1 Å². The highest BCUT2D eigenvalue weighted by molar-refractivity contribution is 5.92. The predicted octanol–water partition coefficient (Wildman–Crippen LogP) is 7.53. The second-order valence-corrected chi connectivity index (χ2v) is 14.7. The first-order chi connectivity index (χ1) is 24.6. The quantitative estimate of drug-likeness (QED) is 0.146. The summed E-state index contributed by atoms with van der Waals surface area (Å²) in [6, 6.07) is 18.3. The number of nitrogens with one attached hydrogen (secondary N) is 3. The topological polar surface area (TPSA) is 136 Å². The van der Waals surface area contributed by atoms with Crippen LogP contribution in [-0.4, -0.2) is 73.9 Å². The number of rotatable bonds is 9. The van der Waals surface area contributed by atoms with Crippen LogP contribution in [0.15, 0.2) is 60.8 Å². The van der Waals surface area contributed by atoms with Gasteiger partial charge in [-0.1, -0.05) is 58.0 Å². The van der Waals surface area contributed by atoms with Gasteiger partial charge in [-0.05, 0) is 83.7 Å². The van der Waals surface area contributed by atoms with Crippen LogP contribution in [-0.2, 0) is 14.3 Å². The highest BCUT2D eigenvalue weighted by atomic mass is 16.5. The molecule has 2 saturated heterocycles. The Labute approximate surface area is 298 Å². The number of alkyl carbamates (subject to hydrolysis) is 1. The number of nitrogens with zero attached hydrogens (tertiary/aromatic N) is 4.